The number of piperazine rings is 1. The zero-order valence-electron chi connectivity index (χ0n) is 22.5. The fourth-order valence-corrected chi connectivity index (χ4v) is 5.11. The summed E-state index contributed by atoms with van der Waals surface area (Å²) >= 11 is 0. The van der Waals surface area contributed by atoms with Crippen LogP contribution < -0.4 is 10.1 Å². The third kappa shape index (κ3) is 7.42. The monoisotopic (exact) mass is 531 g/mol. The molecular formula is C29H37N7O3. The Kier molecular flexibility index (Phi) is 8.85. The Morgan fingerprint density at radius 2 is 1.85 bits per heavy atom. The number of benzene rings is 1. The summed E-state index contributed by atoms with van der Waals surface area (Å²) in [7, 11) is 0. The van der Waals surface area contributed by atoms with E-state index in [1.54, 1.807) is 23.4 Å². The lowest BCUT2D eigenvalue weighted by molar-refractivity contribution is 0.102. The van der Waals surface area contributed by atoms with Crippen molar-refractivity contribution in [3.05, 3.63) is 71.9 Å². The number of carbonyl (C=O) groups is 2. The van der Waals surface area contributed by atoms with Crippen molar-refractivity contribution in [1.82, 2.24) is 29.7 Å². The van der Waals surface area contributed by atoms with E-state index in [9.17, 15) is 9.59 Å². The van der Waals surface area contributed by atoms with Gasteiger partial charge in [0.15, 0.2) is 0 Å². The Balaban J connectivity index is 1.05. The molecule has 10 heteroatoms. The SMILES string of the molecule is CC1CCCCN1Cc1ccc(C(=O)Nc2ccc(OC(=O)N3CCN(CCc4cnc[nH]4)CC3)nc2)cc1. The van der Waals surface area contributed by atoms with E-state index in [1.807, 2.05) is 30.5 Å². The van der Waals surface area contributed by atoms with Crippen LogP contribution in [-0.2, 0) is 13.0 Å². The quantitative estimate of drug-likeness (QED) is 0.456. The molecule has 2 N–H and O–H groups in total. The van der Waals surface area contributed by atoms with Crippen molar-refractivity contribution in [1.29, 1.82) is 0 Å². The van der Waals surface area contributed by atoms with Crippen LogP contribution in [0.2, 0.25) is 0 Å². The molecule has 0 radical (unpaired) electrons. The minimum atomic E-state index is -0.411. The largest absolute Gasteiger partial charge is 0.416 e. The van der Waals surface area contributed by atoms with E-state index >= 15 is 0 Å². The van der Waals surface area contributed by atoms with Crippen molar-refractivity contribution >= 4 is 17.7 Å². The summed E-state index contributed by atoms with van der Waals surface area (Å²) in [5, 5.41) is 2.86. The molecule has 39 heavy (non-hydrogen) atoms. The number of anilines is 1. The molecule has 2 fully saturated rings. The first kappa shape index (κ1) is 26.8. The smallest absolute Gasteiger partial charge is 0.391 e. The summed E-state index contributed by atoms with van der Waals surface area (Å²) in [4.78, 5) is 43.2. The molecule has 5 rings (SSSR count). The van der Waals surface area contributed by atoms with Crippen LogP contribution in [0.3, 0.4) is 0 Å². The van der Waals surface area contributed by atoms with Crippen LogP contribution in [0.25, 0.3) is 0 Å². The number of carbonyl (C=O) groups excluding carboxylic acids is 2. The van der Waals surface area contributed by atoms with Gasteiger partial charge in [-0.1, -0.05) is 18.6 Å². The number of hydrogen-bond acceptors (Lipinski definition) is 7. The van der Waals surface area contributed by atoms with Gasteiger partial charge < -0.3 is 19.9 Å². The van der Waals surface area contributed by atoms with E-state index < -0.39 is 6.09 Å². The third-order valence-corrected chi connectivity index (χ3v) is 7.61. The maximum atomic E-state index is 12.7. The highest BCUT2D eigenvalue weighted by Crippen LogP contribution is 2.20. The molecule has 1 atom stereocenters. The van der Waals surface area contributed by atoms with Gasteiger partial charge in [0.05, 0.1) is 18.2 Å². The number of rotatable bonds is 8. The summed E-state index contributed by atoms with van der Waals surface area (Å²) < 4.78 is 5.46. The maximum absolute atomic E-state index is 12.7. The average Bonchev–Trinajstić information content (AvgIpc) is 3.49. The second-order valence-electron chi connectivity index (χ2n) is 10.4. The Morgan fingerprint density at radius 1 is 1.03 bits per heavy atom. The minimum Gasteiger partial charge on any atom is -0.391 e. The lowest BCUT2D eigenvalue weighted by atomic mass is 10.0. The molecule has 0 bridgehead atoms. The van der Waals surface area contributed by atoms with E-state index in [1.165, 1.54) is 31.0 Å². The van der Waals surface area contributed by atoms with Gasteiger partial charge in [-0.15, -0.1) is 0 Å². The van der Waals surface area contributed by atoms with E-state index in [4.69, 9.17) is 4.74 Å². The topological polar surface area (TPSA) is 107 Å². The maximum Gasteiger partial charge on any atom is 0.416 e. The van der Waals surface area contributed by atoms with Crippen LogP contribution >= 0.6 is 0 Å². The fourth-order valence-electron chi connectivity index (χ4n) is 5.11. The normalized spacial score (nSPS) is 18.6. The van der Waals surface area contributed by atoms with Gasteiger partial charge in [0.25, 0.3) is 5.91 Å². The molecule has 10 nitrogen and oxygen atoms in total. The number of nitrogens with one attached hydrogen (secondary N) is 2. The molecule has 2 aromatic heterocycles. The molecule has 1 unspecified atom stereocenters. The predicted molar refractivity (Wildman–Crippen MR) is 149 cm³/mol. The van der Waals surface area contributed by atoms with Crippen LogP contribution in [-0.4, -0.2) is 87.0 Å². The molecule has 4 heterocycles. The molecular weight excluding hydrogens is 494 g/mol. The summed E-state index contributed by atoms with van der Waals surface area (Å²) in [6.45, 7) is 8.04. The molecule has 1 aromatic carbocycles. The lowest BCUT2D eigenvalue weighted by Crippen LogP contribution is -2.50. The van der Waals surface area contributed by atoms with Gasteiger partial charge in [-0.3, -0.25) is 14.6 Å². The average molecular weight is 532 g/mol. The molecule has 0 spiro atoms. The van der Waals surface area contributed by atoms with Gasteiger partial charge in [-0.05, 0) is 50.1 Å². The minimum absolute atomic E-state index is 0.204. The summed E-state index contributed by atoms with van der Waals surface area (Å²) in [5.41, 5.74) is 3.45. The molecule has 2 aliphatic heterocycles. The first-order chi connectivity index (χ1) is 19.0. The van der Waals surface area contributed by atoms with Gasteiger partial charge in [-0.2, -0.15) is 0 Å². The van der Waals surface area contributed by atoms with E-state index in [2.05, 4.69) is 37.0 Å². The summed E-state index contributed by atoms with van der Waals surface area (Å²) in [6, 6.07) is 11.7. The summed E-state index contributed by atoms with van der Waals surface area (Å²) in [5.74, 6) is 0.000743. The van der Waals surface area contributed by atoms with Gasteiger partial charge in [-0.25, -0.2) is 14.8 Å². The molecule has 0 aliphatic carbocycles. The van der Waals surface area contributed by atoms with E-state index in [-0.39, 0.29) is 11.8 Å². The van der Waals surface area contributed by atoms with Crippen molar-refractivity contribution < 1.29 is 14.3 Å². The standard InChI is InChI=1S/C29H37N7O3/c1-22-4-2-3-12-36(22)20-23-5-7-24(8-6-23)28(37)33-26-9-10-27(31-19-26)39-29(38)35-16-14-34(15-17-35)13-11-25-18-30-21-32-25/h5-10,18-19,21-22H,2-4,11-17,20H2,1H3,(H,30,32)(H,33,37). The third-order valence-electron chi connectivity index (χ3n) is 7.61. The number of H-pyrrole nitrogens is 1. The van der Waals surface area contributed by atoms with Gasteiger partial charge in [0.1, 0.15) is 0 Å². The van der Waals surface area contributed by atoms with Crippen molar-refractivity contribution in [2.24, 2.45) is 0 Å². The molecule has 2 saturated heterocycles. The molecule has 0 saturated carbocycles. The van der Waals surface area contributed by atoms with Crippen LogP contribution in [0.15, 0.2) is 55.1 Å². The zero-order chi connectivity index (χ0) is 27.0. The van der Waals surface area contributed by atoms with Crippen LogP contribution in [0.4, 0.5) is 10.5 Å². The highest BCUT2D eigenvalue weighted by atomic mass is 16.6. The number of piperidine rings is 1. The Morgan fingerprint density at radius 3 is 2.54 bits per heavy atom. The van der Waals surface area contributed by atoms with E-state index in [0.29, 0.717) is 30.4 Å². The highest BCUT2D eigenvalue weighted by Gasteiger charge is 2.23. The van der Waals surface area contributed by atoms with Crippen molar-refractivity contribution in [2.75, 3.05) is 44.6 Å². The zero-order valence-corrected chi connectivity index (χ0v) is 22.5. The van der Waals surface area contributed by atoms with E-state index in [0.717, 1.165) is 44.8 Å². The first-order valence-electron chi connectivity index (χ1n) is 13.8. The fraction of sp³-hybridized carbons (Fsp3) is 0.448. The summed E-state index contributed by atoms with van der Waals surface area (Å²) in [6.07, 6.45) is 9.32. The first-order valence-corrected chi connectivity index (χ1v) is 13.8. The number of nitrogens with zero attached hydrogens (tertiary/aromatic N) is 5. The van der Waals surface area contributed by atoms with Gasteiger partial charge in [0, 0.05) is 75.3 Å². The number of imidazole rings is 1. The number of aromatic amines is 1. The molecule has 2 aliphatic rings. The second kappa shape index (κ2) is 12.9. The predicted octanol–water partition coefficient (Wildman–Crippen LogP) is 3.79. The van der Waals surface area contributed by atoms with Crippen molar-refractivity contribution in [3.63, 3.8) is 0 Å². The van der Waals surface area contributed by atoms with Crippen LogP contribution in [0, 0.1) is 0 Å². The number of amides is 2. The van der Waals surface area contributed by atoms with Crippen LogP contribution in [0.1, 0.15) is 47.8 Å². The van der Waals surface area contributed by atoms with Crippen LogP contribution in [0.5, 0.6) is 5.88 Å². The highest BCUT2D eigenvalue weighted by molar-refractivity contribution is 6.04. The number of likely N-dealkylation sites (tertiary alicyclic amines) is 1. The molecule has 2 amide bonds. The van der Waals surface area contributed by atoms with Gasteiger partial charge >= 0.3 is 6.09 Å². The molecule has 3 aromatic rings. The Labute approximate surface area is 229 Å². The van der Waals surface area contributed by atoms with Crippen molar-refractivity contribution in [2.45, 2.75) is 45.2 Å². The second-order valence-corrected chi connectivity index (χ2v) is 10.4. The lowest BCUT2D eigenvalue weighted by Gasteiger charge is -2.33. The Bertz CT molecular complexity index is 1210. The van der Waals surface area contributed by atoms with Crippen molar-refractivity contribution in [3.8, 4) is 5.88 Å². The molecule has 206 valence electrons. The number of pyridine rings is 1. The number of aromatic nitrogens is 3. The van der Waals surface area contributed by atoms with Gasteiger partial charge in [0.2, 0.25) is 5.88 Å². The number of ether oxygens (including phenoxy) is 1. The number of hydrogen-bond donors (Lipinski definition) is 2. The Hall–Kier alpha value is -3.76.